The number of nitrogens with zero attached hydrogens (tertiary/aromatic N) is 2. The standard InChI is InChI=1S/C19H21N3O4S/c1-26-16(24)12-14-11-15(23)21-19(20-14)27-17(13-7-3-2-4-8-13)18(25)22-9-5-6-10-22/h2-4,7-8,11,17H,5-6,9-10,12H2,1H3,(H,20,21,23)/t17-/m1/s1. The third-order valence-electron chi connectivity index (χ3n) is 4.30. The molecule has 0 radical (unpaired) electrons. The number of rotatable bonds is 6. The molecule has 0 saturated carbocycles. The average molecular weight is 387 g/mol. The van der Waals surface area contributed by atoms with Crippen LogP contribution in [0, 0.1) is 0 Å². The second kappa shape index (κ2) is 8.85. The molecule has 1 fully saturated rings. The Bertz CT molecular complexity index is 863. The Kier molecular flexibility index (Phi) is 6.28. The smallest absolute Gasteiger partial charge is 0.311 e. The fraction of sp³-hybridized carbons (Fsp3) is 0.368. The van der Waals surface area contributed by atoms with Gasteiger partial charge in [-0.05, 0) is 18.4 Å². The summed E-state index contributed by atoms with van der Waals surface area (Å²) < 4.78 is 4.63. The first-order valence-electron chi connectivity index (χ1n) is 8.74. The molecule has 1 aliphatic heterocycles. The van der Waals surface area contributed by atoms with E-state index in [1.54, 1.807) is 0 Å². The van der Waals surface area contributed by atoms with E-state index in [0.29, 0.717) is 10.9 Å². The molecule has 0 unspecified atom stereocenters. The number of carbonyl (C=O) groups excluding carboxylic acids is 2. The molecule has 8 heteroatoms. The number of H-pyrrole nitrogens is 1. The number of esters is 1. The van der Waals surface area contributed by atoms with Gasteiger partial charge in [-0.15, -0.1) is 0 Å². The normalized spacial score (nSPS) is 14.8. The van der Waals surface area contributed by atoms with Gasteiger partial charge in [0.25, 0.3) is 5.56 Å². The van der Waals surface area contributed by atoms with E-state index in [1.807, 2.05) is 35.2 Å². The van der Waals surface area contributed by atoms with E-state index in [2.05, 4.69) is 14.7 Å². The minimum atomic E-state index is -0.513. The van der Waals surface area contributed by atoms with Crippen molar-refractivity contribution < 1.29 is 14.3 Å². The molecule has 2 heterocycles. The first-order valence-corrected chi connectivity index (χ1v) is 9.62. The molecule has 1 N–H and O–H groups in total. The molecule has 2 aromatic rings. The van der Waals surface area contributed by atoms with Crippen LogP contribution in [0.5, 0.6) is 0 Å². The second-order valence-electron chi connectivity index (χ2n) is 6.24. The topological polar surface area (TPSA) is 92.4 Å². The number of carbonyl (C=O) groups is 2. The van der Waals surface area contributed by atoms with Gasteiger partial charge in [-0.1, -0.05) is 42.1 Å². The van der Waals surface area contributed by atoms with Crippen LogP contribution < -0.4 is 5.56 Å². The van der Waals surface area contributed by atoms with E-state index >= 15 is 0 Å². The Morgan fingerprint density at radius 1 is 1.26 bits per heavy atom. The molecule has 0 aliphatic carbocycles. The number of nitrogens with one attached hydrogen (secondary N) is 1. The molecule has 1 aliphatic rings. The molecule has 1 atom stereocenters. The molecule has 0 spiro atoms. The molecule has 1 amide bonds. The number of hydrogen-bond donors (Lipinski definition) is 1. The SMILES string of the molecule is COC(=O)Cc1cc(=O)[nH]c(S[C@@H](C(=O)N2CCCC2)c2ccccc2)n1. The second-order valence-corrected chi connectivity index (χ2v) is 7.33. The first-order chi connectivity index (χ1) is 13.1. The number of aromatic nitrogens is 2. The minimum Gasteiger partial charge on any atom is -0.469 e. The number of benzene rings is 1. The zero-order chi connectivity index (χ0) is 19.2. The van der Waals surface area contributed by atoms with E-state index in [1.165, 1.54) is 24.9 Å². The van der Waals surface area contributed by atoms with Crippen molar-refractivity contribution in [2.24, 2.45) is 0 Å². The summed E-state index contributed by atoms with van der Waals surface area (Å²) in [6, 6.07) is 10.7. The van der Waals surface area contributed by atoms with Crippen LogP contribution in [0.15, 0.2) is 46.3 Å². The zero-order valence-corrected chi connectivity index (χ0v) is 15.8. The van der Waals surface area contributed by atoms with Crippen LogP contribution in [0.1, 0.15) is 29.3 Å². The summed E-state index contributed by atoms with van der Waals surface area (Å²) >= 11 is 1.19. The Hall–Kier alpha value is -2.61. The van der Waals surface area contributed by atoms with E-state index in [0.717, 1.165) is 31.5 Å². The summed E-state index contributed by atoms with van der Waals surface area (Å²) in [6.45, 7) is 1.49. The molecule has 27 heavy (non-hydrogen) atoms. The lowest BCUT2D eigenvalue weighted by Gasteiger charge is -2.22. The average Bonchev–Trinajstić information content (AvgIpc) is 3.20. The van der Waals surface area contributed by atoms with Crippen LogP contribution in [0.25, 0.3) is 0 Å². The van der Waals surface area contributed by atoms with E-state index < -0.39 is 11.2 Å². The fourth-order valence-electron chi connectivity index (χ4n) is 2.95. The maximum Gasteiger partial charge on any atom is 0.311 e. The molecule has 142 valence electrons. The van der Waals surface area contributed by atoms with Crippen molar-refractivity contribution in [3.63, 3.8) is 0 Å². The summed E-state index contributed by atoms with van der Waals surface area (Å²) in [5.74, 6) is -0.471. The van der Waals surface area contributed by atoms with Gasteiger partial charge in [0.15, 0.2) is 5.16 Å². The number of methoxy groups -OCH3 is 1. The van der Waals surface area contributed by atoms with Gasteiger partial charge in [-0.2, -0.15) is 0 Å². The summed E-state index contributed by atoms with van der Waals surface area (Å²) in [4.78, 5) is 45.3. The fourth-order valence-corrected chi connectivity index (χ4v) is 4.05. The lowest BCUT2D eigenvalue weighted by molar-refractivity contribution is -0.139. The number of thioether (sulfide) groups is 1. The minimum absolute atomic E-state index is 0.00437. The van der Waals surface area contributed by atoms with Gasteiger partial charge in [0, 0.05) is 19.2 Å². The summed E-state index contributed by atoms with van der Waals surface area (Å²) in [5, 5.41) is -0.205. The third-order valence-corrected chi connectivity index (χ3v) is 5.43. The van der Waals surface area contributed by atoms with Crippen LogP contribution in [0.4, 0.5) is 0 Å². The third kappa shape index (κ3) is 4.97. The van der Waals surface area contributed by atoms with E-state index in [4.69, 9.17) is 0 Å². The molecule has 3 rings (SSSR count). The number of aromatic amines is 1. The molecule has 1 aromatic carbocycles. The number of likely N-dealkylation sites (tertiary alicyclic amines) is 1. The van der Waals surface area contributed by atoms with Gasteiger partial charge in [-0.3, -0.25) is 14.4 Å². The Morgan fingerprint density at radius 2 is 1.96 bits per heavy atom. The lowest BCUT2D eigenvalue weighted by atomic mass is 10.1. The van der Waals surface area contributed by atoms with Gasteiger partial charge in [0.05, 0.1) is 19.2 Å². The van der Waals surface area contributed by atoms with Crippen molar-refractivity contribution in [2.75, 3.05) is 20.2 Å². The van der Waals surface area contributed by atoms with Gasteiger partial charge < -0.3 is 14.6 Å². The number of ether oxygens (including phenoxy) is 1. The van der Waals surface area contributed by atoms with Crippen molar-refractivity contribution >= 4 is 23.6 Å². The quantitative estimate of drug-likeness (QED) is 0.463. The van der Waals surface area contributed by atoms with Crippen molar-refractivity contribution in [2.45, 2.75) is 29.7 Å². The van der Waals surface area contributed by atoms with Crippen LogP contribution in [-0.2, 0) is 20.7 Å². The predicted octanol–water partition coefficient (Wildman–Crippen LogP) is 1.94. The van der Waals surface area contributed by atoms with E-state index in [-0.39, 0.29) is 17.9 Å². The molecular weight excluding hydrogens is 366 g/mol. The van der Waals surface area contributed by atoms with Gasteiger partial charge in [0.1, 0.15) is 5.25 Å². The summed E-state index contributed by atoms with van der Waals surface area (Å²) in [5.41, 5.74) is 0.792. The van der Waals surface area contributed by atoms with Crippen molar-refractivity contribution in [3.05, 3.63) is 58.0 Å². The van der Waals surface area contributed by atoms with Crippen LogP contribution in [-0.4, -0.2) is 46.9 Å². The molecular formula is C19H21N3O4S. The maximum atomic E-state index is 13.1. The van der Waals surface area contributed by atoms with Crippen molar-refractivity contribution in [3.8, 4) is 0 Å². The molecule has 1 aromatic heterocycles. The Balaban J connectivity index is 1.88. The highest BCUT2D eigenvalue weighted by molar-refractivity contribution is 8.00. The van der Waals surface area contributed by atoms with Crippen LogP contribution in [0.2, 0.25) is 0 Å². The number of amides is 1. The zero-order valence-electron chi connectivity index (χ0n) is 15.0. The maximum absolute atomic E-state index is 13.1. The molecule has 0 bridgehead atoms. The van der Waals surface area contributed by atoms with Gasteiger partial charge in [-0.25, -0.2) is 4.98 Å². The highest BCUT2D eigenvalue weighted by Crippen LogP contribution is 2.35. The van der Waals surface area contributed by atoms with Crippen molar-refractivity contribution in [1.82, 2.24) is 14.9 Å². The predicted molar refractivity (Wildman–Crippen MR) is 101 cm³/mol. The number of hydrogen-bond acceptors (Lipinski definition) is 6. The first kappa shape index (κ1) is 19.2. The summed E-state index contributed by atoms with van der Waals surface area (Å²) in [7, 11) is 1.28. The summed E-state index contributed by atoms with van der Waals surface area (Å²) in [6.07, 6.45) is 1.91. The monoisotopic (exact) mass is 387 g/mol. The molecule has 7 nitrogen and oxygen atoms in total. The van der Waals surface area contributed by atoms with Gasteiger partial charge in [0.2, 0.25) is 5.91 Å². The Morgan fingerprint density at radius 3 is 2.63 bits per heavy atom. The highest BCUT2D eigenvalue weighted by atomic mass is 32.2. The van der Waals surface area contributed by atoms with Crippen LogP contribution in [0.3, 0.4) is 0 Å². The van der Waals surface area contributed by atoms with Gasteiger partial charge >= 0.3 is 5.97 Å². The van der Waals surface area contributed by atoms with Crippen LogP contribution >= 0.6 is 11.8 Å². The molecule has 1 saturated heterocycles. The van der Waals surface area contributed by atoms with E-state index in [9.17, 15) is 14.4 Å². The Labute approximate surface area is 161 Å². The highest BCUT2D eigenvalue weighted by Gasteiger charge is 2.29. The largest absolute Gasteiger partial charge is 0.469 e. The van der Waals surface area contributed by atoms with Crippen molar-refractivity contribution in [1.29, 1.82) is 0 Å². The lowest BCUT2D eigenvalue weighted by Crippen LogP contribution is -2.31.